The van der Waals surface area contributed by atoms with Gasteiger partial charge in [0.25, 0.3) is 0 Å². The Morgan fingerprint density at radius 2 is 1.70 bits per heavy atom. The van der Waals surface area contributed by atoms with Gasteiger partial charge in [0.2, 0.25) is 10.0 Å². The fourth-order valence-electron chi connectivity index (χ4n) is 2.43. The first-order chi connectivity index (χ1) is 12.7. The molecule has 0 aliphatic rings. The fourth-order valence-corrected chi connectivity index (χ4v) is 3.54. The summed E-state index contributed by atoms with van der Waals surface area (Å²) in [6, 6.07) is 10.8. The van der Waals surface area contributed by atoms with Crippen molar-refractivity contribution in [1.82, 2.24) is 4.72 Å². The van der Waals surface area contributed by atoms with Gasteiger partial charge in [-0.3, -0.25) is 0 Å². The lowest BCUT2D eigenvalue weighted by molar-refractivity contribution is -0.0498. The smallest absolute Gasteiger partial charge is 0.387 e. The standard InChI is InChI=1S/C19H23F2NO4S/c1-13(2)25-18-9-8-17(12-14(18)3)27(23,24)22-11-10-15-4-6-16(7-5-15)26-19(20)21/h4-9,12-13,19,22H,10-11H2,1-3H3. The zero-order valence-corrected chi connectivity index (χ0v) is 16.2. The van der Waals surface area contributed by atoms with E-state index in [1.807, 2.05) is 13.8 Å². The SMILES string of the molecule is Cc1cc(S(=O)(=O)NCCc2ccc(OC(F)F)cc2)ccc1OC(C)C. The summed E-state index contributed by atoms with van der Waals surface area (Å²) >= 11 is 0. The molecule has 0 unspecified atom stereocenters. The molecule has 0 fully saturated rings. The summed E-state index contributed by atoms with van der Waals surface area (Å²) in [4.78, 5) is 0.164. The van der Waals surface area contributed by atoms with Crippen LogP contribution in [-0.4, -0.2) is 27.7 Å². The van der Waals surface area contributed by atoms with E-state index in [2.05, 4.69) is 9.46 Å². The molecule has 2 aromatic rings. The topological polar surface area (TPSA) is 64.6 Å². The van der Waals surface area contributed by atoms with Crippen molar-refractivity contribution < 1.29 is 26.7 Å². The molecule has 0 aliphatic heterocycles. The molecule has 0 bridgehead atoms. The third-order valence-electron chi connectivity index (χ3n) is 3.67. The van der Waals surface area contributed by atoms with Crippen LogP contribution in [0.1, 0.15) is 25.0 Å². The lowest BCUT2D eigenvalue weighted by Gasteiger charge is -2.14. The lowest BCUT2D eigenvalue weighted by Crippen LogP contribution is -2.26. The zero-order valence-electron chi connectivity index (χ0n) is 15.4. The second-order valence-corrected chi connectivity index (χ2v) is 8.03. The Balaban J connectivity index is 1.95. The summed E-state index contributed by atoms with van der Waals surface area (Å²) in [6.45, 7) is 2.90. The van der Waals surface area contributed by atoms with Crippen LogP contribution >= 0.6 is 0 Å². The van der Waals surface area contributed by atoms with Crippen LogP contribution in [0.2, 0.25) is 0 Å². The van der Waals surface area contributed by atoms with Crippen LogP contribution in [0.15, 0.2) is 47.4 Å². The van der Waals surface area contributed by atoms with Crippen molar-refractivity contribution >= 4 is 10.0 Å². The predicted molar refractivity (Wildman–Crippen MR) is 98.9 cm³/mol. The van der Waals surface area contributed by atoms with Crippen LogP contribution in [0.25, 0.3) is 0 Å². The van der Waals surface area contributed by atoms with Gasteiger partial charge in [-0.1, -0.05) is 12.1 Å². The van der Waals surface area contributed by atoms with Crippen molar-refractivity contribution in [1.29, 1.82) is 0 Å². The van der Waals surface area contributed by atoms with Crippen molar-refractivity contribution in [3.05, 3.63) is 53.6 Å². The van der Waals surface area contributed by atoms with Crippen LogP contribution in [0, 0.1) is 6.92 Å². The van der Waals surface area contributed by atoms with Gasteiger partial charge in [-0.05, 0) is 68.7 Å². The minimum absolute atomic E-state index is 0.00163. The molecule has 0 aromatic heterocycles. The van der Waals surface area contributed by atoms with E-state index in [-0.39, 0.29) is 23.3 Å². The van der Waals surface area contributed by atoms with Crippen LogP contribution < -0.4 is 14.2 Å². The van der Waals surface area contributed by atoms with Gasteiger partial charge >= 0.3 is 6.61 Å². The molecular weight excluding hydrogens is 376 g/mol. The number of hydrogen-bond donors (Lipinski definition) is 1. The highest BCUT2D eigenvalue weighted by atomic mass is 32.2. The number of nitrogens with one attached hydrogen (secondary N) is 1. The van der Waals surface area contributed by atoms with E-state index in [9.17, 15) is 17.2 Å². The summed E-state index contributed by atoms with van der Waals surface area (Å²) in [7, 11) is -3.65. The molecule has 5 nitrogen and oxygen atoms in total. The van der Waals surface area contributed by atoms with Gasteiger partial charge < -0.3 is 9.47 Å². The zero-order chi connectivity index (χ0) is 20.0. The third kappa shape index (κ3) is 6.48. The van der Waals surface area contributed by atoms with Crippen LogP contribution in [0.5, 0.6) is 11.5 Å². The maximum Gasteiger partial charge on any atom is 0.387 e. The van der Waals surface area contributed by atoms with E-state index in [4.69, 9.17) is 4.74 Å². The first-order valence-corrected chi connectivity index (χ1v) is 9.96. The number of alkyl halides is 2. The van der Waals surface area contributed by atoms with E-state index < -0.39 is 16.6 Å². The second-order valence-electron chi connectivity index (χ2n) is 6.26. The van der Waals surface area contributed by atoms with Gasteiger partial charge in [0.05, 0.1) is 11.0 Å². The summed E-state index contributed by atoms with van der Waals surface area (Å²) in [5.74, 6) is 0.712. The van der Waals surface area contributed by atoms with Crippen molar-refractivity contribution in [2.45, 2.75) is 44.8 Å². The molecule has 8 heteroatoms. The Kier molecular flexibility index (Phi) is 7.15. The fraction of sp³-hybridized carbons (Fsp3) is 0.368. The van der Waals surface area contributed by atoms with Gasteiger partial charge in [-0.15, -0.1) is 0 Å². The average Bonchev–Trinajstić information content (AvgIpc) is 2.57. The molecule has 0 atom stereocenters. The van der Waals surface area contributed by atoms with Crippen LogP contribution in [0.4, 0.5) is 8.78 Å². The number of rotatable bonds is 9. The number of benzene rings is 2. The quantitative estimate of drug-likeness (QED) is 0.695. The van der Waals surface area contributed by atoms with Gasteiger partial charge in [-0.2, -0.15) is 8.78 Å². The Bertz CT molecular complexity index is 853. The van der Waals surface area contributed by atoms with Gasteiger partial charge in [0.1, 0.15) is 11.5 Å². The van der Waals surface area contributed by atoms with Crippen LogP contribution in [0.3, 0.4) is 0 Å². The minimum Gasteiger partial charge on any atom is -0.491 e. The second kappa shape index (κ2) is 9.14. The maximum atomic E-state index is 12.4. The predicted octanol–water partition coefficient (Wildman–Crippen LogP) is 3.90. The summed E-state index contributed by atoms with van der Waals surface area (Å²) < 4.78 is 61.5. The summed E-state index contributed by atoms with van der Waals surface area (Å²) in [5, 5.41) is 0. The molecule has 1 N–H and O–H groups in total. The van der Waals surface area contributed by atoms with E-state index >= 15 is 0 Å². The number of halogens is 2. The molecule has 2 aromatic carbocycles. The lowest BCUT2D eigenvalue weighted by atomic mass is 10.1. The van der Waals surface area contributed by atoms with Gasteiger partial charge in [-0.25, -0.2) is 13.1 Å². The Hall–Kier alpha value is -2.19. The van der Waals surface area contributed by atoms with Gasteiger partial charge in [0, 0.05) is 6.54 Å². The average molecular weight is 399 g/mol. The molecule has 148 valence electrons. The molecule has 0 saturated heterocycles. The third-order valence-corrected chi connectivity index (χ3v) is 5.13. The Morgan fingerprint density at radius 3 is 2.26 bits per heavy atom. The minimum atomic E-state index is -3.65. The molecule has 27 heavy (non-hydrogen) atoms. The molecule has 0 amide bonds. The summed E-state index contributed by atoms with van der Waals surface area (Å²) in [5.41, 5.74) is 1.54. The monoisotopic (exact) mass is 399 g/mol. The molecule has 0 saturated carbocycles. The molecule has 2 rings (SSSR count). The van der Waals surface area contributed by atoms with Crippen molar-refractivity contribution in [3.8, 4) is 11.5 Å². The van der Waals surface area contributed by atoms with E-state index in [0.717, 1.165) is 11.1 Å². The summed E-state index contributed by atoms with van der Waals surface area (Å²) in [6.07, 6.45) is 0.420. The number of aryl methyl sites for hydroxylation is 1. The van der Waals surface area contributed by atoms with Gasteiger partial charge in [0.15, 0.2) is 0 Å². The normalized spacial score (nSPS) is 11.8. The largest absolute Gasteiger partial charge is 0.491 e. The highest BCUT2D eigenvalue weighted by Crippen LogP contribution is 2.23. The van der Waals surface area contributed by atoms with Crippen molar-refractivity contribution in [2.75, 3.05) is 6.54 Å². The maximum absolute atomic E-state index is 12.4. The highest BCUT2D eigenvalue weighted by Gasteiger charge is 2.15. The molecule has 0 heterocycles. The number of ether oxygens (including phenoxy) is 2. The van der Waals surface area contributed by atoms with Crippen molar-refractivity contribution in [2.24, 2.45) is 0 Å². The first-order valence-electron chi connectivity index (χ1n) is 8.48. The van der Waals surface area contributed by atoms with Crippen molar-refractivity contribution in [3.63, 3.8) is 0 Å². The van der Waals surface area contributed by atoms with Crippen LogP contribution in [-0.2, 0) is 16.4 Å². The number of hydrogen-bond acceptors (Lipinski definition) is 4. The Morgan fingerprint density at radius 1 is 1.04 bits per heavy atom. The molecule has 0 spiro atoms. The Labute approximate surface area is 158 Å². The highest BCUT2D eigenvalue weighted by molar-refractivity contribution is 7.89. The molecule has 0 aliphatic carbocycles. The van der Waals surface area contributed by atoms with E-state index in [1.54, 1.807) is 31.2 Å². The number of sulfonamides is 1. The van der Waals surface area contributed by atoms with E-state index in [0.29, 0.717) is 12.2 Å². The molecule has 0 radical (unpaired) electrons. The molecular formula is C19H23F2NO4S. The first kappa shape index (κ1) is 21.1. The van der Waals surface area contributed by atoms with E-state index in [1.165, 1.54) is 18.2 Å².